The predicted molar refractivity (Wildman–Crippen MR) is 111 cm³/mol. The molecule has 32 heavy (non-hydrogen) atoms. The Balaban J connectivity index is 1.93. The van der Waals surface area contributed by atoms with E-state index < -0.39 is 32.1 Å². The van der Waals surface area contributed by atoms with Crippen LogP contribution in [-0.2, 0) is 0 Å². The lowest BCUT2D eigenvalue weighted by Gasteiger charge is -2.04. The number of carbonyl (C=O) groups is 1. The Morgan fingerprint density at radius 2 is 1.41 bits per heavy atom. The number of benzene rings is 3. The van der Waals surface area contributed by atoms with Crippen LogP contribution in [0, 0.1) is 30.3 Å². The van der Waals surface area contributed by atoms with Crippen LogP contribution >= 0.6 is 0 Å². The number of hydrogen-bond acceptors (Lipinski definition) is 8. The van der Waals surface area contributed by atoms with Gasteiger partial charge in [0.15, 0.2) is 0 Å². The number of nitro groups is 3. The molecule has 3 aromatic carbocycles. The second-order valence-corrected chi connectivity index (χ2v) is 6.66. The molecule has 3 aromatic rings. The minimum Gasteiger partial charge on any atom is -0.267 e. The number of nitrogens with zero attached hydrogens (tertiary/aromatic N) is 4. The topological polar surface area (TPSA) is 171 Å². The summed E-state index contributed by atoms with van der Waals surface area (Å²) in [6.45, 7) is 0. The summed E-state index contributed by atoms with van der Waals surface area (Å²) in [5.41, 5.74) is 1.51. The molecule has 0 fully saturated rings. The third-order valence-electron chi connectivity index (χ3n) is 4.81. The number of carbonyl (C=O) groups excluding carboxylic acids is 1. The van der Waals surface area contributed by atoms with Crippen LogP contribution < -0.4 is 5.43 Å². The van der Waals surface area contributed by atoms with Gasteiger partial charge in [-0.25, -0.2) is 5.43 Å². The standard InChI is InChI=1S/C20H11N5O7/c26-20(11-4-2-1-3-5-11)22-21-19-15-8-12(23(27)28)6-7-14(15)18-16(19)9-13(24(29)30)10-17(18)25(31)32/h1-10H,(H,22,26)/b21-19-. The summed E-state index contributed by atoms with van der Waals surface area (Å²) < 4.78 is 0. The number of hydrazone groups is 1. The van der Waals surface area contributed by atoms with Crippen molar-refractivity contribution in [3.05, 3.63) is 108 Å². The number of nitrogens with one attached hydrogen (secondary N) is 1. The molecule has 0 radical (unpaired) electrons. The molecular weight excluding hydrogens is 422 g/mol. The van der Waals surface area contributed by atoms with E-state index in [9.17, 15) is 35.1 Å². The highest BCUT2D eigenvalue weighted by Crippen LogP contribution is 2.45. The van der Waals surface area contributed by atoms with Crippen LogP contribution in [0.4, 0.5) is 17.1 Å². The first kappa shape index (κ1) is 20.3. The van der Waals surface area contributed by atoms with Crippen LogP contribution in [0.2, 0.25) is 0 Å². The Bertz CT molecular complexity index is 1350. The van der Waals surface area contributed by atoms with Crippen LogP contribution in [0.1, 0.15) is 21.5 Å². The van der Waals surface area contributed by atoms with E-state index in [2.05, 4.69) is 10.5 Å². The van der Waals surface area contributed by atoms with Gasteiger partial charge in [0, 0.05) is 34.9 Å². The summed E-state index contributed by atoms with van der Waals surface area (Å²) in [4.78, 5) is 44.4. The third-order valence-corrected chi connectivity index (χ3v) is 4.81. The van der Waals surface area contributed by atoms with Crippen LogP contribution in [0.5, 0.6) is 0 Å². The van der Waals surface area contributed by atoms with E-state index in [1.807, 2.05) is 0 Å². The summed E-state index contributed by atoms with van der Waals surface area (Å²) >= 11 is 0. The summed E-state index contributed by atoms with van der Waals surface area (Å²) in [5, 5.41) is 38.3. The quantitative estimate of drug-likeness (QED) is 0.370. The first-order chi connectivity index (χ1) is 15.3. The molecular formula is C20H11N5O7. The van der Waals surface area contributed by atoms with Gasteiger partial charge in [0.25, 0.3) is 23.0 Å². The average Bonchev–Trinajstić information content (AvgIpc) is 3.09. The molecule has 1 amide bonds. The van der Waals surface area contributed by atoms with E-state index in [1.54, 1.807) is 18.2 Å². The van der Waals surface area contributed by atoms with Crippen molar-refractivity contribution >= 4 is 28.7 Å². The molecule has 0 aromatic heterocycles. The van der Waals surface area contributed by atoms with Crippen LogP contribution in [0.15, 0.2) is 65.8 Å². The lowest BCUT2D eigenvalue weighted by Crippen LogP contribution is -2.20. The number of non-ortho nitro benzene ring substituents is 2. The van der Waals surface area contributed by atoms with Gasteiger partial charge in [0.1, 0.15) is 0 Å². The van der Waals surface area contributed by atoms with Crippen LogP contribution in [0.25, 0.3) is 11.1 Å². The third kappa shape index (κ3) is 3.41. The van der Waals surface area contributed by atoms with E-state index in [0.717, 1.165) is 18.2 Å². The molecule has 0 saturated heterocycles. The first-order valence-corrected chi connectivity index (χ1v) is 8.97. The second-order valence-electron chi connectivity index (χ2n) is 6.66. The minimum absolute atomic E-state index is 0.00904. The van der Waals surface area contributed by atoms with Crippen LogP contribution in [0.3, 0.4) is 0 Å². The SMILES string of the molecule is O=C(N/N=C1/c2cc([N+](=O)[O-])ccc2-c2c1cc([N+](=O)[O-])cc2[N+](=O)[O-])c1ccccc1. The molecule has 1 aliphatic carbocycles. The molecule has 12 heteroatoms. The number of fused-ring (bicyclic) bond motifs is 3. The zero-order valence-corrected chi connectivity index (χ0v) is 15.9. The van der Waals surface area contributed by atoms with Crippen molar-refractivity contribution in [2.24, 2.45) is 5.10 Å². The highest BCUT2D eigenvalue weighted by molar-refractivity contribution is 6.26. The van der Waals surface area contributed by atoms with Crippen molar-refractivity contribution in [2.75, 3.05) is 0 Å². The van der Waals surface area contributed by atoms with Gasteiger partial charge in [-0.15, -0.1) is 0 Å². The minimum atomic E-state index is -0.793. The van der Waals surface area contributed by atoms with Gasteiger partial charge in [-0.05, 0) is 23.8 Å². The maximum Gasteiger partial charge on any atom is 0.284 e. The molecule has 0 saturated carbocycles. The monoisotopic (exact) mass is 433 g/mol. The van der Waals surface area contributed by atoms with Gasteiger partial charge < -0.3 is 0 Å². The van der Waals surface area contributed by atoms with Crippen molar-refractivity contribution in [3.63, 3.8) is 0 Å². The van der Waals surface area contributed by atoms with Crippen LogP contribution in [-0.4, -0.2) is 26.4 Å². The Hall–Kier alpha value is -5.00. The summed E-state index contributed by atoms with van der Waals surface area (Å²) in [7, 11) is 0. The van der Waals surface area contributed by atoms with Gasteiger partial charge in [-0.3, -0.25) is 35.1 Å². The normalized spacial score (nSPS) is 12.7. The zero-order valence-electron chi connectivity index (χ0n) is 15.9. The van der Waals surface area contributed by atoms with E-state index in [-0.39, 0.29) is 39.2 Å². The molecule has 0 aliphatic heterocycles. The number of amides is 1. The van der Waals surface area contributed by atoms with Crippen molar-refractivity contribution in [1.29, 1.82) is 0 Å². The smallest absolute Gasteiger partial charge is 0.267 e. The molecule has 4 rings (SSSR count). The van der Waals surface area contributed by atoms with E-state index in [1.165, 1.54) is 24.3 Å². The fourth-order valence-corrected chi connectivity index (χ4v) is 3.42. The molecule has 0 heterocycles. The molecule has 0 spiro atoms. The highest BCUT2D eigenvalue weighted by atomic mass is 16.6. The van der Waals surface area contributed by atoms with Crippen molar-refractivity contribution in [3.8, 4) is 11.1 Å². The fourth-order valence-electron chi connectivity index (χ4n) is 3.42. The molecule has 0 atom stereocenters. The number of rotatable bonds is 5. The molecule has 0 bridgehead atoms. The largest absolute Gasteiger partial charge is 0.284 e. The van der Waals surface area contributed by atoms with Gasteiger partial charge in [0.05, 0.1) is 32.1 Å². The van der Waals surface area contributed by atoms with Gasteiger partial charge in [-0.2, -0.15) is 5.10 Å². The van der Waals surface area contributed by atoms with Crippen molar-refractivity contribution < 1.29 is 19.6 Å². The Kier molecular flexibility index (Phi) is 4.87. The summed E-state index contributed by atoms with van der Waals surface area (Å²) in [6.07, 6.45) is 0. The summed E-state index contributed by atoms with van der Waals surface area (Å²) in [5.74, 6) is -0.599. The molecule has 1 N–H and O–H groups in total. The Morgan fingerprint density at radius 1 is 0.750 bits per heavy atom. The van der Waals surface area contributed by atoms with E-state index >= 15 is 0 Å². The second kappa shape index (κ2) is 7.68. The highest BCUT2D eigenvalue weighted by Gasteiger charge is 2.36. The lowest BCUT2D eigenvalue weighted by molar-refractivity contribution is -0.393. The maximum atomic E-state index is 12.4. The van der Waals surface area contributed by atoms with Crippen molar-refractivity contribution in [1.82, 2.24) is 5.43 Å². The van der Waals surface area contributed by atoms with Crippen molar-refractivity contribution in [2.45, 2.75) is 0 Å². The molecule has 158 valence electrons. The summed E-state index contributed by atoms with van der Waals surface area (Å²) in [6, 6.07) is 13.6. The number of nitro benzene ring substituents is 3. The zero-order chi connectivity index (χ0) is 23.0. The van der Waals surface area contributed by atoms with Gasteiger partial charge in [-0.1, -0.05) is 18.2 Å². The fraction of sp³-hybridized carbons (Fsp3) is 0. The first-order valence-electron chi connectivity index (χ1n) is 8.97. The molecule has 12 nitrogen and oxygen atoms in total. The Morgan fingerprint density at radius 3 is 2.03 bits per heavy atom. The molecule has 1 aliphatic rings. The van der Waals surface area contributed by atoms with E-state index in [0.29, 0.717) is 0 Å². The Labute approximate surface area is 178 Å². The van der Waals surface area contributed by atoms with E-state index in [4.69, 9.17) is 0 Å². The number of hydrogen-bond donors (Lipinski definition) is 1. The lowest BCUT2D eigenvalue weighted by atomic mass is 10.0. The average molecular weight is 433 g/mol. The van der Waals surface area contributed by atoms with Gasteiger partial charge in [0.2, 0.25) is 0 Å². The molecule has 0 unspecified atom stereocenters. The van der Waals surface area contributed by atoms with Gasteiger partial charge >= 0.3 is 0 Å². The maximum absolute atomic E-state index is 12.4. The predicted octanol–water partition coefficient (Wildman–Crippen LogP) is 3.57.